The lowest BCUT2D eigenvalue weighted by molar-refractivity contribution is -0.145. The predicted octanol–water partition coefficient (Wildman–Crippen LogP) is 2.47. The van der Waals surface area contributed by atoms with E-state index in [1.54, 1.807) is 7.11 Å². The van der Waals surface area contributed by atoms with E-state index in [2.05, 4.69) is 11.8 Å². The average molecular weight is 271 g/mol. The Labute approximate surface area is 117 Å². The van der Waals surface area contributed by atoms with E-state index in [0.717, 1.165) is 13.1 Å². The molecule has 112 valence electrons. The molecule has 1 aliphatic heterocycles. The van der Waals surface area contributed by atoms with Gasteiger partial charge in [0.2, 0.25) is 0 Å². The van der Waals surface area contributed by atoms with E-state index in [1.165, 1.54) is 25.7 Å². The number of hydrogen-bond acceptors (Lipinski definition) is 4. The minimum absolute atomic E-state index is 0.0836. The number of esters is 1. The first-order valence-electron chi connectivity index (χ1n) is 7.57. The fourth-order valence-corrected chi connectivity index (χ4v) is 2.88. The molecular formula is C15H29NO3. The van der Waals surface area contributed by atoms with Crippen LogP contribution in [-0.2, 0) is 14.3 Å². The van der Waals surface area contributed by atoms with Crippen molar-refractivity contribution in [2.24, 2.45) is 5.92 Å². The maximum atomic E-state index is 11.8. The molecule has 0 amide bonds. The van der Waals surface area contributed by atoms with Crippen LogP contribution in [0.3, 0.4) is 0 Å². The highest BCUT2D eigenvalue weighted by atomic mass is 16.5. The second-order valence-electron chi connectivity index (χ2n) is 5.46. The zero-order chi connectivity index (χ0) is 14.1. The van der Waals surface area contributed by atoms with E-state index in [1.807, 2.05) is 6.92 Å². The number of ether oxygens (including phenoxy) is 2. The largest absolute Gasteiger partial charge is 0.466 e. The van der Waals surface area contributed by atoms with E-state index in [4.69, 9.17) is 9.47 Å². The first kappa shape index (κ1) is 16.4. The molecule has 4 heteroatoms. The maximum absolute atomic E-state index is 11.8. The third-order valence-corrected chi connectivity index (χ3v) is 3.88. The predicted molar refractivity (Wildman–Crippen MR) is 76.1 cm³/mol. The number of nitrogens with zero attached hydrogens (tertiary/aromatic N) is 1. The van der Waals surface area contributed by atoms with Gasteiger partial charge in [0.25, 0.3) is 0 Å². The van der Waals surface area contributed by atoms with Crippen LogP contribution in [0.5, 0.6) is 0 Å². The van der Waals surface area contributed by atoms with Crippen LogP contribution < -0.4 is 0 Å². The van der Waals surface area contributed by atoms with Gasteiger partial charge in [0.15, 0.2) is 0 Å². The van der Waals surface area contributed by atoms with Crippen LogP contribution >= 0.6 is 0 Å². The molecule has 1 heterocycles. The first-order chi connectivity index (χ1) is 9.19. The Kier molecular flexibility index (Phi) is 8.07. The second kappa shape index (κ2) is 9.32. The normalized spacial score (nSPS) is 20.6. The summed E-state index contributed by atoms with van der Waals surface area (Å²) in [5.74, 6) is 0.271. The van der Waals surface area contributed by atoms with Gasteiger partial charge in [0.1, 0.15) is 0 Å². The quantitative estimate of drug-likeness (QED) is 0.667. The highest BCUT2D eigenvalue weighted by molar-refractivity contribution is 5.70. The van der Waals surface area contributed by atoms with E-state index in [-0.39, 0.29) is 12.0 Å². The van der Waals surface area contributed by atoms with Gasteiger partial charge in [0, 0.05) is 13.2 Å². The summed E-state index contributed by atoms with van der Waals surface area (Å²) in [4.78, 5) is 14.3. The molecule has 0 spiro atoms. The van der Waals surface area contributed by atoms with Gasteiger partial charge >= 0.3 is 5.97 Å². The molecule has 0 aromatic carbocycles. The zero-order valence-electron chi connectivity index (χ0n) is 12.7. The van der Waals surface area contributed by atoms with Crippen LogP contribution in [0.4, 0.5) is 0 Å². The fraction of sp³-hybridized carbons (Fsp3) is 0.933. The summed E-state index contributed by atoms with van der Waals surface area (Å²) in [7, 11) is 1.72. The average Bonchev–Trinajstić information content (AvgIpc) is 2.65. The van der Waals surface area contributed by atoms with Crippen molar-refractivity contribution in [3.8, 4) is 0 Å². The molecule has 0 N–H and O–H groups in total. The minimum Gasteiger partial charge on any atom is -0.466 e. The van der Waals surface area contributed by atoms with Crippen molar-refractivity contribution in [2.45, 2.75) is 52.0 Å². The summed E-state index contributed by atoms with van der Waals surface area (Å²) >= 11 is 0. The number of carbonyl (C=O) groups is 1. The van der Waals surface area contributed by atoms with Gasteiger partial charge in [-0.25, -0.2) is 0 Å². The van der Waals surface area contributed by atoms with Crippen LogP contribution in [0.2, 0.25) is 0 Å². The smallest absolute Gasteiger partial charge is 0.307 e. The third kappa shape index (κ3) is 5.91. The molecule has 0 radical (unpaired) electrons. The lowest BCUT2D eigenvalue weighted by Crippen LogP contribution is -2.43. The van der Waals surface area contributed by atoms with Crippen LogP contribution in [-0.4, -0.2) is 50.3 Å². The molecule has 2 unspecified atom stereocenters. The van der Waals surface area contributed by atoms with Gasteiger partial charge in [-0.15, -0.1) is 0 Å². The molecule has 1 fully saturated rings. The van der Waals surface area contributed by atoms with Crippen molar-refractivity contribution in [1.82, 2.24) is 4.90 Å². The highest BCUT2D eigenvalue weighted by Gasteiger charge is 2.27. The molecule has 0 aromatic heterocycles. The highest BCUT2D eigenvalue weighted by Crippen LogP contribution is 2.21. The second-order valence-corrected chi connectivity index (χ2v) is 5.46. The Balaban J connectivity index is 2.63. The SMILES string of the molecule is CCOC(=O)CC(C(C)COC)N1CCCCCC1. The lowest BCUT2D eigenvalue weighted by atomic mass is 9.97. The van der Waals surface area contributed by atoms with Crippen molar-refractivity contribution in [1.29, 1.82) is 0 Å². The molecular weight excluding hydrogens is 242 g/mol. The molecule has 0 aromatic rings. The van der Waals surface area contributed by atoms with Crippen molar-refractivity contribution >= 4 is 5.97 Å². The van der Waals surface area contributed by atoms with Gasteiger partial charge in [-0.3, -0.25) is 9.69 Å². The molecule has 1 aliphatic rings. The van der Waals surface area contributed by atoms with Gasteiger partial charge in [-0.2, -0.15) is 0 Å². The van der Waals surface area contributed by atoms with Gasteiger partial charge < -0.3 is 9.47 Å². The van der Waals surface area contributed by atoms with Crippen LogP contribution in [0.15, 0.2) is 0 Å². The summed E-state index contributed by atoms with van der Waals surface area (Å²) in [6.45, 7) is 7.37. The number of likely N-dealkylation sites (tertiary alicyclic amines) is 1. The number of rotatable bonds is 7. The topological polar surface area (TPSA) is 38.8 Å². The monoisotopic (exact) mass is 271 g/mol. The Morgan fingerprint density at radius 2 is 1.84 bits per heavy atom. The molecule has 2 atom stereocenters. The van der Waals surface area contributed by atoms with Crippen molar-refractivity contribution in [2.75, 3.05) is 33.4 Å². The number of carbonyl (C=O) groups excluding carboxylic acids is 1. The fourth-order valence-electron chi connectivity index (χ4n) is 2.88. The van der Waals surface area contributed by atoms with E-state index in [9.17, 15) is 4.79 Å². The Morgan fingerprint density at radius 1 is 1.21 bits per heavy atom. The maximum Gasteiger partial charge on any atom is 0.307 e. The molecule has 0 aliphatic carbocycles. The standard InChI is InChI=1S/C15H29NO3/c1-4-19-15(17)11-14(13(2)12-18-3)16-9-7-5-6-8-10-16/h13-14H,4-12H2,1-3H3. The summed E-state index contributed by atoms with van der Waals surface area (Å²) in [5.41, 5.74) is 0. The van der Waals surface area contributed by atoms with Gasteiger partial charge in [-0.1, -0.05) is 19.8 Å². The van der Waals surface area contributed by atoms with Gasteiger partial charge in [0.05, 0.1) is 19.6 Å². The molecule has 0 bridgehead atoms. The Morgan fingerprint density at radius 3 is 2.37 bits per heavy atom. The summed E-state index contributed by atoms with van der Waals surface area (Å²) < 4.78 is 10.4. The van der Waals surface area contributed by atoms with Crippen LogP contribution in [0.1, 0.15) is 46.0 Å². The first-order valence-corrected chi connectivity index (χ1v) is 7.57. The number of hydrogen-bond donors (Lipinski definition) is 0. The summed E-state index contributed by atoms with van der Waals surface area (Å²) in [6.07, 6.45) is 5.57. The Bertz CT molecular complexity index is 250. The van der Waals surface area contributed by atoms with Crippen LogP contribution in [0.25, 0.3) is 0 Å². The van der Waals surface area contributed by atoms with E-state index >= 15 is 0 Å². The summed E-state index contributed by atoms with van der Waals surface area (Å²) in [6, 6.07) is 0.247. The van der Waals surface area contributed by atoms with Crippen molar-refractivity contribution in [3.63, 3.8) is 0 Å². The Hall–Kier alpha value is -0.610. The molecule has 4 nitrogen and oxygen atoms in total. The third-order valence-electron chi connectivity index (χ3n) is 3.88. The minimum atomic E-state index is -0.0836. The van der Waals surface area contributed by atoms with E-state index in [0.29, 0.717) is 25.6 Å². The lowest BCUT2D eigenvalue weighted by Gasteiger charge is -2.34. The zero-order valence-corrected chi connectivity index (χ0v) is 12.7. The van der Waals surface area contributed by atoms with E-state index < -0.39 is 0 Å². The van der Waals surface area contributed by atoms with Gasteiger partial charge in [-0.05, 0) is 38.8 Å². The molecule has 0 saturated carbocycles. The molecule has 1 saturated heterocycles. The molecule has 19 heavy (non-hydrogen) atoms. The van der Waals surface area contributed by atoms with Crippen LogP contribution in [0, 0.1) is 5.92 Å². The van der Waals surface area contributed by atoms with Crippen molar-refractivity contribution < 1.29 is 14.3 Å². The van der Waals surface area contributed by atoms with Crippen molar-refractivity contribution in [3.05, 3.63) is 0 Å². The summed E-state index contributed by atoms with van der Waals surface area (Å²) in [5, 5.41) is 0. The molecule has 1 rings (SSSR count). The number of methoxy groups -OCH3 is 1.